The molecule has 0 saturated carbocycles. The van der Waals surface area contributed by atoms with Crippen LogP contribution in [0.3, 0.4) is 0 Å². The maximum atomic E-state index is 12.7. The van der Waals surface area contributed by atoms with Crippen LogP contribution in [0.4, 0.5) is 0 Å². The predicted molar refractivity (Wildman–Crippen MR) is 98.4 cm³/mol. The van der Waals surface area contributed by atoms with Gasteiger partial charge in [0.25, 0.3) is 0 Å². The number of carbonyl (C=O) groups is 2. The first kappa shape index (κ1) is 17.4. The van der Waals surface area contributed by atoms with E-state index in [-0.39, 0.29) is 18.3 Å². The Kier molecular flexibility index (Phi) is 5.34. The van der Waals surface area contributed by atoms with Crippen molar-refractivity contribution in [3.05, 3.63) is 76.8 Å². The van der Waals surface area contributed by atoms with Crippen LogP contribution in [0.2, 0.25) is 5.02 Å². The monoisotopic (exact) mass is 354 g/mol. The molecule has 0 aliphatic heterocycles. The summed E-state index contributed by atoms with van der Waals surface area (Å²) in [6, 6.07) is 17.1. The van der Waals surface area contributed by atoms with Crippen LogP contribution in [0.25, 0.3) is 5.57 Å². The van der Waals surface area contributed by atoms with E-state index in [0.29, 0.717) is 11.4 Å². The summed E-state index contributed by atoms with van der Waals surface area (Å²) >= 11 is 5.98. The van der Waals surface area contributed by atoms with Crippen molar-refractivity contribution in [2.75, 3.05) is 6.61 Å². The molecule has 3 rings (SSSR count). The third-order valence-corrected chi connectivity index (χ3v) is 4.70. The number of ether oxygens (including phenoxy) is 1. The summed E-state index contributed by atoms with van der Waals surface area (Å²) in [6.07, 6.45) is 2.18. The van der Waals surface area contributed by atoms with Gasteiger partial charge in [-0.05, 0) is 48.3 Å². The SMILES string of the molecule is CCOC(=O)C1C(=O)C=C(c2ccccc2)CC1c1ccc(Cl)cc1. The number of hydrogen-bond donors (Lipinski definition) is 0. The molecule has 1 aliphatic rings. The Balaban J connectivity index is 2.01. The number of allylic oxidation sites excluding steroid dienone is 2. The maximum Gasteiger partial charge on any atom is 0.317 e. The van der Waals surface area contributed by atoms with Gasteiger partial charge < -0.3 is 4.74 Å². The Morgan fingerprint density at radius 3 is 2.44 bits per heavy atom. The van der Waals surface area contributed by atoms with Crippen molar-refractivity contribution >= 4 is 28.9 Å². The van der Waals surface area contributed by atoms with Crippen molar-refractivity contribution in [2.24, 2.45) is 5.92 Å². The summed E-state index contributed by atoms with van der Waals surface area (Å²) in [5.41, 5.74) is 2.85. The number of rotatable bonds is 4. The second kappa shape index (κ2) is 7.66. The van der Waals surface area contributed by atoms with Gasteiger partial charge in [-0.1, -0.05) is 54.1 Å². The Labute approximate surface area is 152 Å². The minimum absolute atomic E-state index is 0.205. The van der Waals surface area contributed by atoms with E-state index >= 15 is 0 Å². The first-order valence-electron chi connectivity index (χ1n) is 8.32. The molecule has 0 spiro atoms. The van der Waals surface area contributed by atoms with Crippen molar-refractivity contribution in [1.82, 2.24) is 0 Å². The van der Waals surface area contributed by atoms with Crippen LogP contribution in [0, 0.1) is 5.92 Å². The summed E-state index contributed by atoms with van der Waals surface area (Å²) in [6.45, 7) is 2.00. The summed E-state index contributed by atoms with van der Waals surface area (Å²) < 4.78 is 5.15. The molecule has 2 atom stereocenters. The molecule has 0 saturated heterocycles. The minimum atomic E-state index is -0.811. The number of halogens is 1. The highest BCUT2D eigenvalue weighted by molar-refractivity contribution is 6.30. The lowest BCUT2D eigenvalue weighted by Crippen LogP contribution is -2.34. The molecule has 3 nitrogen and oxygen atoms in total. The molecule has 0 radical (unpaired) electrons. The average molecular weight is 355 g/mol. The molecule has 0 aromatic heterocycles. The number of hydrogen-bond acceptors (Lipinski definition) is 3. The van der Waals surface area contributed by atoms with E-state index in [0.717, 1.165) is 16.7 Å². The third kappa shape index (κ3) is 3.83. The van der Waals surface area contributed by atoms with E-state index in [4.69, 9.17) is 16.3 Å². The van der Waals surface area contributed by atoms with Crippen LogP contribution in [0.5, 0.6) is 0 Å². The van der Waals surface area contributed by atoms with Crippen molar-refractivity contribution in [3.63, 3.8) is 0 Å². The molecule has 2 aromatic carbocycles. The van der Waals surface area contributed by atoms with Gasteiger partial charge in [-0.2, -0.15) is 0 Å². The molecule has 2 unspecified atom stereocenters. The molecule has 0 amide bonds. The average Bonchev–Trinajstić information content (AvgIpc) is 2.62. The molecule has 0 fully saturated rings. The fourth-order valence-electron chi connectivity index (χ4n) is 3.26. The van der Waals surface area contributed by atoms with Gasteiger partial charge >= 0.3 is 5.97 Å². The fourth-order valence-corrected chi connectivity index (χ4v) is 3.39. The number of esters is 1. The van der Waals surface area contributed by atoms with Crippen molar-refractivity contribution < 1.29 is 14.3 Å². The van der Waals surface area contributed by atoms with Crippen LogP contribution in [-0.4, -0.2) is 18.4 Å². The number of benzene rings is 2. The predicted octanol–water partition coefficient (Wildman–Crippen LogP) is 4.66. The van der Waals surface area contributed by atoms with Gasteiger partial charge in [-0.3, -0.25) is 9.59 Å². The smallest absolute Gasteiger partial charge is 0.317 e. The van der Waals surface area contributed by atoms with Gasteiger partial charge in [0, 0.05) is 10.9 Å². The van der Waals surface area contributed by atoms with Gasteiger partial charge in [-0.25, -0.2) is 0 Å². The third-order valence-electron chi connectivity index (χ3n) is 4.45. The molecule has 0 heterocycles. The van der Waals surface area contributed by atoms with Gasteiger partial charge in [0.2, 0.25) is 0 Å². The van der Waals surface area contributed by atoms with Gasteiger partial charge in [-0.15, -0.1) is 0 Å². The van der Waals surface area contributed by atoms with E-state index in [1.165, 1.54) is 0 Å². The topological polar surface area (TPSA) is 43.4 Å². The summed E-state index contributed by atoms with van der Waals surface area (Å²) in [7, 11) is 0. The van der Waals surface area contributed by atoms with Crippen LogP contribution >= 0.6 is 11.6 Å². The Morgan fingerprint density at radius 1 is 1.12 bits per heavy atom. The van der Waals surface area contributed by atoms with E-state index in [1.54, 1.807) is 25.1 Å². The van der Waals surface area contributed by atoms with Gasteiger partial charge in [0.15, 0.2) is 5.78 Å². The molecular formula is C21H19ClO3. The van der Waals surface area contributed by atoms with Crippen LogP contribution in [-0.2, 0) is 14.3 Å². The van der Waals surface area contributed by atoms with Crippen LogP contribution in [0.15, 0.2) is 60.7 Å². The number of carbonyl (C=O) groups excluding carboxylic acids is 2. The zero-order chi connectivity index (χ0) is 17.8. The van der Waals surface area contributed by atoms with E-state index < -0.39 is 11.9 Å². The van der Waals surface area contributed by atoms with Crippen LogP contribution < -0.4 is 0 Å². The first-order chi connectivity index (χ1) is 12.1. The maximum absolute atomic E-state index is 12.7. The summed E-state index contributed by atoms with van der Waals surface area (Å²) in [4.78, 5) is 25.1. The lowest BCUT2D eigenvalue weighted by atomic mass is 9.73. The Morgan fingerprint density at radius 2 is 1.80 bits per heavy atom. The van der Waals surface area contributed by atoms with E-state index in [2.05, 4.69) is 0 Å². The molecule has 0 bridgehead atoms. The first-order valence-corrected chi connectivity index (χ1v) is 8.70. The highest BCUT2D eigenvalue weighted by Crippen LogP contribution is 2.40. The summed E-state index contributed by atoms with van der Waals surface area (Å²) in [5, 5.41) is 0.623. The standard InChI is InChI=1S/C21H19ClO3/c1-2-25-21(24)20-18(15-8-10-17(22)11-9-15)12-16(13-19(20)23)14-6-4-3-5-7-14/h3-11,13,18,20H,2,12H2,1H3. The summed E-state index contributed by atoms with van der Waals surface area (Å²) in [5.74, 6) is -1.74. The molecule has 0 N–H and O–H groups in total. The molecule has 25 heavy (non-hydrogen) atoms. The molecule has 4 heteroatoms. The van der Waals surface area contributed by atoms with Crippen molar-refractivity contribution in [1.29, 1.82) is 0 Å². The molecule has 128 valence electrons. The zero-order valence-corrected chi connectivity index (χ0v) is 14.7. The van der Waals surface area contributed by atoms with E-state index in [1.807, 2.05) is 42.5 Å². The lowest BCUT2D eigenvalue weighted by Gasteiger charge is -2.29. The zero-order valence-electron chi connectivity index (χ0n) is 13.9. The van der Waals surface area contributed by atoms with Gasteiger partial charge in [0.1, 0.15) is 5.92 Å². The van der Waals surface area contributed by atoms with Gasteiger partial charge in [0.05, 0.1) is 6.61 Å². The second-order valence-electron chi connectivity index (χ2n) is 6.03. The van der Waals surface area contributed by atoms with Crippen molar-refractivity contribution in [3.8, 4) is 0 Å². The fraction of sp³-hybridized carbons (Fsp3) is 0.238. The molecule has 2 aromatic rings. The van der Waals surface area contributed by atoms with Crippen molar-refractivity contribution in [2.45, 2.75) is 19.3 Å². The Bertz CT molecular complexity index is 794. The van der Waals surface area contributed by atoms with E-state index in [9.17, 15) is 9.59 Å². The quantitative estimate of drug-likeness (QED) is 0.592. The molecular weight excluding hydrogens is 336 g/mol. The highest BCUT2D eigenvalue weighted by Gasteiger charge is 2.39. The minimum Gasteiger partial charge on any atom is -0.465 e. The number of ketones is 1. The normalized spacial score (nSPS) is 20.1. The Hall–Kier alpha value is -2.39. The molecule has 1 aliphatic carbocycles. The lowest BCUT2D eigenvalue weighted by molar-refractivity contribution is -0.151. The largest absolute Gasteiger partial charge is 0.465 e. The highest BCUT2D eigenvalue weighted by atomic mass is 35.5. The second-order valence-corrected chi connectivity index (χ2v) is 6.47. The van der Waals surface area contributed by atoms with Crippen LogP contribution in [0.1, 0.15) is 30.4 Å².